The molecule has 0 bridgehead atoms. The largest absolute Gasteiger partial charge is 0.340 e. The first-order chi connectivity index (χ1) is 13.7. The molecule has 0 saturated carbocycles. The highest BCUT2D eigenvalue weighted by Crippen LogP contribution is 2.16. The van der Waals surface area contributed by atoms with E-state index in [1.807, 2.05) is 48.5 Å². The lowest BCUT2D eigenvalue weighted by atomic mass is 10.2. The third kappa shape index (κ3) is 3.91. The number of nitrogens with zero attached hydrogens (tertiary/aromatic N) is 2. The lowest BCUT2D eigenvalue weighted by molar-refractivity contribution is -0.116. The first-order valence-electron chi connectivity index (χ1n) is 8.85. The van der Waals surface area contributed by atoms with Gasteiger partial charge in [-0.25, -0.2) is 4.98 Å². The number of amides is 1. The molecule has 0 unspecified atom stereocenters. The molecule has 0 aliphatic carbocycles. The summed E-state index contributed by atoms with van der Waals surface area (Å²) in [7, 11) is 0. The molecule has 4 rings (SSSR count). The maximum Gasteiger partial charge on any atom is 0.244 e. The minimum atomic E-state index is -0.195. The Balaban J connectivity index is 1.44. The third-order valence-corrected chi connectivity index (χ3v) is 4.29. The van der Waals surface area contributed by atoms with Gasteiger partial charge in [-0.15, -0.1) is 0 Å². The van der Waals surface area contributed by atoms with Crippen LogP contribution in [0.15, 0.2) is 90.0 Å². The predicted molar refractivity (Wildman–Crippen MR) is 111 cm³/mol. The van der Waals surface area contributed by atoms with Gasteiger partial charge in [0.15, 0.2) is 5.43 Å². The van der Waals surface area contributed by atoms with Gasteiger partial charge in [-0.1, -0.05) is 30.3 Å². The van der Waals surface area contributed by atoms with E-state index in [1.165, 1.54) is 6.07 Å². The fourth-order valence-electron chi connectivity index (χ4n) is 2.96. The maximum atomic E-state index is 12.4. The van der Waals surface area contributed by atoms with Crippen LogP contribution < -0.4 is 16.1 Å². The summed E-state index contributed by atoms with van der Waals surface area (Å²) < 4.78 is 1.75. The predicted octanol–water partition coefficient (Wildman–Crippen LogP) is 3.78. The summed E-state index contributed by atoms with van der Waals surface area (Å²) in [5.74, 6) is 0.495. The zero-order valence-corrected chi connectivity index (χ0v) is 15.0. The summed E-state index contributed by atoms with van der Waals surface area (Å²) in [6.07, 6.45) is 3.24. The Morgan fingerprint density at radius 2 is 1.68 bits per heavy atom. The van der Waals surface area contributed by atoms with E-state index in [0.717, 1.165) is 11.2 Å². The average Bonchev–Trinajstić information content (AvgIpc) is 2.73. The molecule has 2 N–H and O–H groups in total. The normalized spacial score (nSPS) is 10.6. The topological polar surface area (TPSA) is 76.0 Å². The highest BCUT2D eigenvalue weighted by molar-refractivity contribution is 5.91. The van der Waals surface area contributed by atoms with Crippen molar-refractivity contribution in [3.63, 3.8) is 0 Å². The van der Waals surface area contributed by atoms with Gasteiger partial charge in [0.2, 0.25) is 5.91 Å². The molecule has 0 fully saturated rings. The summed E-state index contributed by atoms with van der Waals surface area (Å²) in [4.78, 5) is 28.7. The van der Waals surface area contributed by atoms with Gasteiger partial charge < -0.3 is 15.2 Å². The van der Waals surface area contributed by atoms with Crippen LogP contribution in [0.5, 0.6) is 0 Å². The fourth-order valence-corrected chi connectivity index (χ4v) is 2.96. The number of carbonyl (C=O) groups excluding carboxylic acids is 1. The number of fused-ring (bicyclic) bond motifs is 1. The van der Waals surface area contributed by atoms with Gasteiger partial charge in [0, 0.05) is 23.3 Å². The molecule has 6 heteroatoms. The van der Waals surface area contributed by atoms with Crippen LogP contribution in [0.25, 0.3) is 10.9 Å². The van der Waals surface area contributed by atoms with E-state index in [-0.39, 0.29) is 17.9 Å². The van der Waals surface area contributed by atoms with Gasteiger partial charge in [-0.2, -0.15) is 0 Å². The molecule has 0 aliphatic rings. The highest BCUT2D eigenvalue weighted by Gasteiger charge is 2.07. The first-order valence-corrected chi connectivity index (χ1v) is 8.85. The van der Waals surface area contributed by atoms with E-state index >= 15 is 0 Å². The van der Waals surface area contributed by atoms with E-state index in [4.69, 9.17) is 0 Å². The molecular weight excluding hydrogens is 352 g/mol. The number of carbonyl (C=O) groups is 1. The molecule has 0 saturated heterocycles. The van der Waals surface area contributed by atoms with Crippen molar-refractivity contribution < 1.29 is 4.79 Å². The highest BCUT2D eigenvalue weighted by atomic mass is 16.2. The van der Waals surface area contributed by atoms with E-state index in [2.05, 4.69) is 15.6 Å². The number of rotatable bonds is 5. The van der Waals surface area contributed by atoms with Crippen LogP contribution in [0.4, 0.5) is 17.2 Å². The maximum absolute atomic E-state index is 12.4. The number of hydrogen-bond acceptors (Lipinski definition) is 4. The summed E-state index contributed by atoms with van der Waals surface area (Å²) in [6, 6.07) is 22.0. The molecule has 2 heterocycles. The molecule has 0 radical (unpaired) electrons. The van der Waals surface area contributed by atoms with E-state index in [0.29, 0.717) is 16.9 Å². The second kappa shape index (κ2) is 7.75. The van der Waals surface area contributed by atoms with Crippen molar-refractivity contribution in [3.05, 3.63) is 95.4 Å². The number of anilines is 3. The molecule has 1 amide bonds. The minimum absolute atomic E-state index is 0.0574. The second-order valence-corrected chi connectivity index (χ2v) is 6.30. The number of nitrogens with one attached hydrogen (secondary N) is 2. The molecule has 28 heavy (non-hydrogen) atoms. The molecule has 0 atom stereocenters. The molecule has 0 spiro atoms. The Morgan fingerprint density at radius 3 is 2.46 bits per heavy atom. The Morgan fingerprint density at radius 1 is 0.893 bits per heavy atom. The Hall–Kier alpha value is -3.93. The molecule has 4 aromatic rings. The van der Waals surface area contributed by atoms with E-state index < -0.39 is 0 Å². The Bertz CT molecular complexity index is 1170. The van der Waals surface area contributed by atoms with Crippen LogP contribution in [-0.4, -0.2) is 15.5 Å². The van der Waals surface area contributed by atoms with Crippen LogP contribution in [0.1, 0.15) is 0 Å². The molecule has 6 nitrogen and oxygen atoms in total. The van der Waals surface area contributed by atoms with Crippen molar-refractivity contribution in [3.8, 4) is 0 Å². The summed E-state index contributed by atoms with van der Waals surface area (Å²) >= 11 is 0. The molecule has 2 aromatic carbocycles. The van der Waals surface area contributed by atoms with Crippen LogP contribution in [0, 0.1) is 0 Å². The third-order valence-electron chi connectivity index (χ3n) is 4.29. The van der Waals surface area contributed by atoms with Gasteiger partial charge >= 0.3 is 0 Å². The second-order valence-electron chi connectivity index (χ2n) is 6.30. The van der Waals surface area contributed by atoms with Gasteiger partial charge in [0.1, 0.15) is 12.4 Å². The van der Waals surface area contributed by atoms with E-state index in [1.54, 1.807) is 35.2 Å². The number of hydrogen-bond donors (Lipinski definition) is 2. The number of para-hydroxylation sites is 2. The number of benzene rings is 2. The lowest BCUT2D eigenvalue weighted by Gasteiger charge is -2.11. The monoisotopic (exact) mass is 370 g/mol. The quantitative estimate of drug-likeness (QED) is 0.561. The standard InChI is InChI=1S/C22H18N4O2/c27-20-12-13-26(19-9-5-4-8-18(19)20)15-22(28)25-17-10-11-21(23-14-17)24-16-6-2-1-3-7-16/h1-14H,15H2,(H,23,24)(H,25,28). The minimum Gasteiger partial charge on any atom is -0.340 e. The molecule has 138 valence electrons. The summed E-state index contributed by atoms with van der Waals surface area (Å²) in [5, 5.41) is 6.62. The van der Waals surface area contributed by atoms with Crippen molar-refractivity contribution >= 4 is 34.0 Å². The first kappa shape index (κ1) is 17.5. The average molecular weight is 370 g/mol. The molecular formula is C22H18N4O2. The zero-order valence-electron chi connectivity index (χ0n) is 15.0. The van der Waals surface area contributed by atoms with Crippen LogP contribution >= 0.6 is 0 Å². The Labute approximate surface area is 161 Å². The zero-order chi connectivity index (χ0) is 19.3. The van der Waals surface area contributed by atoms with E-state index in [9.17, 15) is 9.59 Å². The van der Waals surface area contributed by atoms with Gasteiger partial charge in [0.05, 0.1) is 17.4 Å². The SMILES string of the molecule is O=C(Cn1ccc(=O)c2ccccc21)Nc1ccc(Nc2ccccc2)nc1. The summed E-state index contributed by atoms with van der Waals surface area (Å²) in [5.41, 5.74) is 2.22. The van der Waals surface area contributed by atoms with Gasteiger partial charge in [-0.3, -0.25) is 9.59 Å². The Kier molecular flexibility index (Phi) is 4.84. The smallest absolute Gasteiger partial charge is 0.244 e. The van der Waals surface area contributed by atoms with Crippen LogP contribution in [0.3, 0.4) is 0 Å². The molecule has 2 aromatic heterocycles. The molecule has 0 aliphatic heterocycles. The van der Waals surface area contributed by atoms with Crippen molar-refractivity contribution in [2.24, 2.45) is 0 Å². The number of pyridine rings is 2. The van der Waals surface area contributed by atoms with Crippen molar-refractivity contribution in [1.82, 2.24) is 9.55 Å². The lowest BCUT2D eigenvalue weighted by Crippen LogP contribution is -2.20. The van der Waals surface area contributed by atoms with Crippen LogP contribution in [-0.2, 0) is 11.3 Å². The van der Waals surface area contributed by atoms with Gasteiger partial charge in [-0.05, 0) is 36.4 Å². The number of aromatic nitrogens is 2. The van der Waals surface area contributed by atoms with Gasteiger partial charge in [0.25, 0.3) is 0 Å². The fraction of sp³-hybridized carbons (Fsp3) is 0.0455. The van der Waals surface area contributed by atoms with Crippen molar-refractivity contribution in [1.29, 1.82) is 0 Å². The van der Waals surface area contributed by atoms with Crippen LogP contribution in [0.2, 0.25) is 0 Å². The van der Waals surface area contributed by atoms with Crippen molar-refractivity contribution in [2.45, 2.75) is 6.54 Å². The summed E-state index contributed by atoms with van der Waals surface area (Å²) in [6.45, 7) is 0.102. The van der Waals surface area contributed by atoms with Crippen molar-refractivity contribution in [2.75, 3.05) is 10.6 Å².